The van der Waals surface area contributed by atoms with Gasteiger partial charge >= 0.3 is 0 Å². The zero-order valence-corrected chi connectivity index (χ0v) is 5.55. The molecular formula is C8H12O. The Labute approximate surface area is 55.7 Å². The van der Waals surface area contributed by atoms with Crippen LogP contribution in [0.2, 0.25) is 0 Å². The smallest absolute Gasteiger partial charge is 0.102 e. The van der Waals surface area contributed by atoms with Crippen LogP contribution in [-0.4, -0.2) is 12.2 Å². The van der Waals surface area contributed by atoms with Crippen molar-refractivity contribution in [1.82, 2.24) is 0 Å². The van der Waals surface area contributed by atoms with Crippen molar-refractivity contribution in [2.75, 3.05) is 0 Å². The minimum absolute atomic E-state index is 0.505. The topological polar surface area (TPSA) is 12.5 Å². The highest BCUT2D eigenvalue weighted by Gasteiger charge is 2.35. The van der Waals surface area contributed by atoms with Crippen LogP contribution < -0.4 is 0 Å². The zero-order valence-electron chi connectivity index (χ0n) is 5.55. The fraction of sp³-hybridized carbons (Fsp3) is 0.750. The average Bonchev–Trinajstić information content (AvgIpc) is 2.46. The van der Waals surface area contributed by atoms with Gasteiger partial charge in [0.15, 0.2) is 0 Å². The van der Waals surface area contributed by atoms with Gasteiger partial charge in [0.1, 0.15) is 6.10 Å². The first-order valence-corrected chi connectivity index (χ1v) is 3.79. The van der Waals surface area contributed by atoms with E-state index in [-0.39, 0.29) is 0 Å². The van der Waals surface area contributed by atoms with Gasteiger partial charge in [0, 0.05) is 0 Å². The van der Waals surface area contributed by atoms with Crippen molar-refractivity contribution in [2.45, 2.75) is 37.9 Å². The lowest BCUT2D eigenvalue weighted by molar-refractivity contribution is 0.376. The molecule has 9 heavy (non-hydrogen) atoms. The number of epoxide rings is 1. The van der Waals surface area contributed by atoms with Gasteiger partial charge < -0.3 is 4.74 Å². The fourth-order valence-electron chi connectivity index (χ4n) is 1.40. The second-order valence-corrected chi connectivity index (χ2v) is 2.85. The quantitative estimate of drug-likeness (QED) is 0.355. The second-order valence-electron chi connectivity index (χ2n) is 2.85. The molecule has 2 aliphatic rings. The zero-order chi connectivity index (χ0) is 6.10. The summed E-state index contributed by atoms with van der Waals surface area (Å²) in [5.74, 6) is 0. The molecule has 1 aliphatic carbocycles. The molecule has 0 spiro atoms. The highest BCUT2D eigenvalue weighted by molar-refractivity contribution is 5.03. The van der Waals surface area contributed by atoms with Gasteiger partial charge in [0.05, 0.1) is 6.10 Å². The van der Waals surface area contributed by atoms with E-state index in [1.165, 1.54) is 25.7 Å². The predicted octanol–water partition coefficient (Wildman–Crippen LogP) is 1.88. The minimum Gasteiger partial charge on any atom is -0.365 e. The van der Waals surface area contributed by atoms with Crippen molar-refractivity contribution >= 4 is 0 Å². The van der Waals surface area contributed by atoms with Crippen LogP contribution in [0.1, 0.15) is 25.7 Å². The van der Waals surface area contributed by atoms with E-state index in [4.69, 9.17) is 4.74 Å². The highest BCUT2D eigenvalue weighted by Crippen LogP contribution is 2.30. The molecule has 50 valence electrons. The lowest BCUT2D eigenvalue weighted by Gasteiger charge is -1.96. The molecule has 1 heterocycles. The van der Waals surface area contributed by atoms with Crippen molar-refractivity contribution in [1.29, 1.82) is 0 Å². The van der Waals surface area contributed by atoms with Crippen LogP contribution in [0.3, 0.4) is 0 Å². The first-order chi connectivity index (χ1) is 4.47. The van der Waals surface area contributed by atoms with E-state index in [0.29, 0.717) is 12.2 Å². The Morgan fingerprint density at radius 3 is 3.33 bits per heavy atom. The molecule has 1 nitrogen and oxygen atoms in total. The number of allylic oxidation sites excluding steroid dienone is 1. The SMILES string of the molecule is C1=C[C@H]2O[C@H]2CCCC1. The summed E-state index contributed by atoms with van der Waals surface area (Å²) < 4.78 is 5.35. The average molecular weight is 124 g/mol. The fourth-order valence-corrected chi connectivity index (χ4v) is 1.40. The molecule has 2 atom stereocenters. The molecule has 0 aromatic heterocycles. The van der Waals surface area contributed by atoms with E-state index in [9.17, 15) is 0 Å². The molecule has 0 bridgehead atoms. The molecule has 0 aromatic rings. The molecule has 1 heteroatoms. The van der Waals surface area contributed by atoms with Crippen molar-refractivity contribution in [3.05, 3.63) is 12.2 Å². The monoisotopic (exact) mass is 124 g/mol. The molecule has 1 saturated heterocycles. The van der Waals surface area contributed by atoms with Crippen LogP contribution in [0.4, 0.5) is 0 Å². The Bertz CT molecular complexity index is 129. The highest BCUT2D eigenvalue weighted by atomic mass is 16.6. The molecule has 1 fully saturated rings. The summed E-state index contributed by atoms with van der Waals surface area (Å²) in [6, 6.07) is 0. The molecule has 0 amide bonds. The van der Waals surface area contributed by atoms with Gasteiger partial charge in [-0.15, -0.1) is 0 Å². The standard InChI is InChI=1S/C8H12O/c1-2-4-6-8-7(9-8)5-3-1/h3,5,7-8H,1-2,4,6H2/t7-,8+/m1/s1. The number of hydrogen-bond donors (Lipinski definition) is 0. The number of fused-ring (bicyclic) bond motifs is 1. The van der Waals surface area contributed by atoms with Crippen LogP contribution in [0, 0.1) is 0 Å². The van der Waals surface area contributed by atoms with Gasteiger partial charge in [-0.1, -0.05) is 18.6 Å². The number of ether oxygens (including phenoxy) is 1. The summed E-state index contributed by atoms with van der Waals surface area (Å²) in [5.41, 5.74) is 0. The van der Waals surface area contributed by atoms with Gasteiger partial charge in [0.25, 0.3) is 0 Å². The molecule has 0 aromatic carbocycles. The molecule has 0 N–H and O–H groups in total. The summed E-state index contributed by atoms with van der Waals surface area (Å²) in [7, 11) is 0. The lowest BCUT2D eigenvalue weighted by Crippen LogP contribution is -1.92. The van der Waals surface area contributed by atoms with Gasteiger partial charge in [-0.05, 0) is 19.3 Å². The summed E-state index contributed by atoms with van der Waals surface area (Å²) in [6.45, 7) is 0. The third-order valence-electron chi connectivity index (χ3n) is 2.06. The van der Waals surface area contributed by atoms with Crippen molar-refractivity contribution in [3.63, 3.8) is 0 Å². The van der Waals surface area contributed by atoms with Crippen molar-refractivity contribution in [3.8, 4) is 0 Å². The van der Waals surface area contributed by atoms with E-state index in [1.54, 1.807) is 0 Å². The Kier molecular flexibility index (Phi) is 1.31. The maximum Gasteiger partial charge on any atom is 0.102 e. The predicted molar refractivity (Wildman–Crippen MR) is 36.3 cm³/mol. The Hall–Kier alpha value is -0.300. The van der Waals surface area contributed by atoms with Gasteiger partial charge in [-0.3, -0.25) is 0 Å². The molecular weight excluding hydrogens is 112 g/mol. The van der Waals surface area contributed by atoms with Crippen molar-refractivity contribution < 1.29 is 4.74 Å². The Morgan fingerprint density at radius 1 is 1.33 bits per heavy atom. The maximum atomic E-state index is 5.35. The maximum absolute atomic E-state index is 5.35. The van der Waals surface area contributed by atoms with Crippen molar-refractivity contribution in [2.24, 2.45) is 0 Å². The molecule has 2 rings (SSSR count). The lowest BCUT2D eigenvalue weighted by atomic mass is 10.1. The molecule has 1 aliphatic heterocycles. The van der Waals surface area contributed by atoms with E-state index >= 15 is 0 Å². The van der Waals surface area contributed by atoms with E-state index < -0.39 is 0 Å². The summed E-state index contributed by atoms with van der Waals surface area (Å²) in [5, 5.41) is 0. The first-order valence-electron chi connectivity index (χ1n) is 3.79. The normalized spacial score (nSPS) is 40.9. The second kappa shape index (κ2) is 2.14. The van der Waals surface area contributed by atoms with E-state index in [0.717, 1.165) is 0 Å². The van der Waals surface area contributed by atoms with Crippen LogP contribution in [-0.2, 0) is 4.74 Å². The molecule has 0 saturated carbocycles. The number of rotatable bonds is 0. The van der Waals surface area contributed by atoms with Crippen LogP contribution >= 0.6 is 0 Å². The summed E-state index contributed by atoms with van der Waals surface area (Å²) >= 11 is 0. The summed E-state index contributed by atoms with van der Waals surface area (Å²) in [6.07, 6.45) is 10.8. The third kappa shape index (κ3) is 1.16. The van der Waals surface area contributed by atoms with Gasteiger partial charge in [0.2, 0.25) is 0 Å². The molecule has 0 radical (unpaired) electrons. The third-order valence-corrected chi connectivity index (χ3v) is 2.06. The van der Waals surface area contributed by atoms with Crippen LogP contribution in [0.15, 0.2) is 12.2 Å². The largest absolute Gasteiger partial charge is 0.365 e. The summed E-state index contributed by atoms with van der Waals surface area (Å²) in [4.78, 5) is 0. The number of hydrogen-bond acceptors (Lipinski definition) is 1. The van der Waals surface area contributed by atoms with Gasteiger partial charge in [-0.2, -0.15) is 0 Å². The van der Waals surface area contributed by atoms with Crippen LogP contribution in [0.5, 0.6) is 0 Å². The Morgan fingerprint density at radius 2 is 2.33 bits per heavy atom. The van der Waals surface area contributed by atoms with E-state index in [2.05, 4.69) is 12.2 Å². The Balaban J connectivity index is 1.95. The minimum atomic E-state index is 0.505. The van der Waals surface area contributed by atoms with Crippen LogP contribution in [0.25, 0.3) is 0 Å². The van der Waals surface area contributed by atoms with Gasteiger partial charge in [-0.25, -0.2) is 0 Å². The van der Waals surface area contributed by atoms with E-state index in [1.807, 2.05) is 0 Å². The first kappa shape index (κ1) is 5.48. The molecule has 0 unspecified atom stereocenters.